The molecule has 0 saturated carbocycles. The van der Waals surface area contributed by atoms with E-state index in [1.807, 2.05) is 43.4 Å². The molecule has 0 bridgehead atoms. The van der Waals surface area contributed by atoms with E-state index < -0.39 is 0 Å². The first-order valence-corrected chi connectivity index (χ1v) is 21.2. The molecular formula is C57H60S. The molecule has 58 heavy (non-hydrogen) atoms. The number of hydrogen-bond donors (Lipinski definition) is 0. The third-order valence-corrected chi connectivity index (χ3v) is 10.8. The minimum absolute atomic E-state index is 0.932. The lowest BCUT2D eigenvalue weighted by atomic mass is 9.98. The van der Waals surface area contributed by atoms with Gasteiger partial charge in [0.25, 0.3) is 0 Å². The minimum Gasteiger partial charge on any atom is -0.135 e. The zero-order valence-electron chi connectivity index (χ0n) is 35.7. The number of benzene rings is 7. The van der Waals surface area contributed by atoms with Crippen LogP contribution in [0.2, 0.25) is 0 Å². The van der Waals surface area contributed by atoms with Crippen LogP contribution in [0.5, 0.6) is 0 Å². The van der Waals surface area contributed by atoms with E-state index in [0.717, 1.165) is 12.8 Å². The zero-order chi connectivity index (χ0) is 41.9. The molecular weight excluding hydrogens is 717 g/mol. The van der Waals surface area contributed by atoms with Crippen LogP contribution < -0.4 is 0 Å². The third kappa shape index (κ3) is 12.0. The molecule has 294 valence electrons. The van der Waals surface area contributed by atoms with Crippen LogP contribution in [0.3, 0.4) is 0 Å². The Morgan fingerprint density at radius 2 is 1.09 bits per heavy atom. The lowest BCUT2D eigenvalue weighted by molar-refractivity contribution is 1.17. The van der Waals surface area contributed by atoms with Crippen LogP contribution in [0.4, 0.5) is 0 Å². The Morgan fingerprint density at radius 1 is 0.534 bits per heavy atom. The Hall–Kier alpha value is -6.02. The van der Waals surface area contributed by atoms with Crippen molar-refractivity contribution in [2.24, 2.45) is 0 Å². The summed E-state index contributed by atoms with van der Waals surface area (Å²) >= 11 is 1.93. The first-order chi connectivity index (χ1) is 28.3. The number of thiophene rings is 1. The maximum absolute atomic E-state index is 3.79. The molecule has 8 rings (SSSR count). The van der Waals surface area contributed by atoms with Gasteiger partial charge in [-0.3, -0.25) is 0 Å². The van der Waals surface area contributed by atoms with E-state index in [1.54, 1.807) is 12.2 Å². The van der Waals surface area contributed by atoms with E-state index in [2.05, 4.69) is 200 Å². The summed E-state index contributed by atoms with van der Waals surface area (Å²) in [5.41, 5.74) is 11.9. The predicted octanol–water partition coefficient (Wildman–Crippen LogP) is 17.5. The minimum atomic E-state index is 0.932. The van der Waals surface area contributed by atoms with Crippen LogP contribution in [0, 0.1) is 20.8 Å². The topological polar surface area (TPSA) is 0 Å². The molecule has 8 aromatic rings. The second-order valence-corrected chi connectivity index (χ2v) is 15.0. The number of aryl methyl sites for hydroxylation is 4. The summed E-state index contributed by atoms with van der Waals surface area (Å²) < 4.78 is 1.43. The van der Waals surface area contributed by atoms with E-state index in [4.69, 9.17) is 0 Å². The van der Waals surface area contributed by atoms with Crippen molar-refractivity contribution in [1.82, 2.24) is 0 Å². The molecule has 0 aliphatic carbocycles. The Bertz CT molecular complexity index is 2540. The molecule has 0 spiro atoms. The molecule has 0 saturated heterocycles. The van der Waals surface area contributed by atoms with Gasteiger partial charge in [-0.25, -0.2) is 0 Å². The summed E-state index contributed by atoms with van der Waals surface area (Å²) in [5.74, 6) is 0. The molecule has 0 unspecified atom stereocenters. The van der Waals surface area contributed by atoms with Gasteiger partial charge in [-0.1, -0.05) is 221 Å². The Balaban J connectivity index is 0.000000187. The van der Waals surface area contributed by atoms with Gasteiger partial charge in [0.05, 0.1) is 0 Å². The van der Waals surface area contributed by atoms with Gasteiger partial charge in [0, 0.05) is 15.0 Å². The Labute approximate surface area is 353 Å². The summed E-state index contributed by atoms with van der Waals surface area (Å²) in [4.78, 5) is 1.40. The van der Waals surface area contributed by atoms with Crippen LogP contribution >= 0.6 is 11.3 Å². The van der Waals surface area contributed by atoms with Gasteiger partial charge < -0.3 is 0 Å². The van der Waals surface area contributed by atoms with E-state index >= 15 is 0 Å². The van der Waals surface area contributed by atoms with Gasteiger partial charge >= 0.3 is 0 Å². The average Bonchev–Trinajstić information content (AvgIpc) is 3.63. The first kappa shape index (κ1) is 44.7. The SMILES string of the molecule is C/C=C\c1sc2c(ccc3ccc4cc(C)ccc4c32)c1CC.C=CC=C.C=CCc1cc(C)cc(-c2ccccc2)c1.CC.Cc1ccc(-c2ccccc2)cc1. The number of rotatable bonds is 7. The number of hydrogen-bond acceptors (Lipinski definition) is 1. The zero-order valence-corrected chi connectivity index (χ0v) is 36.5. The fraction of sp³-hybridized carbons (Fsp3) is 0.158. The average molecular weight is 777 g/mol. The molecule has 0 nitrogen and oxygen atoms in total. The van der Waals surface area contributed by atoms with Crippen molar-refractivity contribution >= 4 is 49.0 Å². The summed E-state index contributed by atoms with van der Waals surface area (Å²) in [6.45, 7) is 25.3. The van der Waals surface area contributed by atoms with Gasteiger partial charge in [-0.2, -0.15) is 0 Å². The fourth-order valence-corrected chi connectivity index (χ4v) is 8.29. The van der Waals surface area contributed by atoms with Crippen molar-refractivity contribution in [3.05, 3.63) is 222 Å². The first-order valence-electron chi connectivity index (χ1n) is 20.4. The normalized spacial score (nSPS) is 10.3. The number of fused-ring (bicyclic) bond motifs is 5. The van der Waals surface area contributed by atoms with Crippen molar-refractivity contribution in [2.75, 3.05) is 0 Å². The van der Waals surface area contributed by atoms with Crippen molar-refractivity contribution in [2.45, 2.75) is 61.3 Å². The molecule has 1 aromatic heterocycles. The smallest absolute Gasteiger partial charge is 0.0436 e. The largest absolute Gasteiger partial charge is 0.135 e. The fourth-order valence-electron chi connectivity index (χ4n) is 6.86. The van der Waals surface area contributed by atoms with Gasteiger partial charge in [0.2, 0.25) is 0 Å². The molecule has 0 radical (unpaired) electrons. The molecule has 0 atom stereocenters. The Kier molecular flexibility index (Phi) is 17.9. The monoisotopic (exact) mass is 776 g/mol. The molecule has 0 aliphatic heterocycles. The van der Waals surface area contributed by atoms with E-state index in [0.29, 0.717) is 0 Å². The predicted molar refractivity (Wildman–Crippen MR) is 265 cm³/mol. The van der Waals surface area contributed by atoms with Gasteiger partial charge in [-0.15, -0.1) is 17.9 Å². The molecule has 7 aromatic carbocycles. The third-order valence-electron chi connectivity index (χ3n) is 9.56. The van der Waals surface area contributed by atoms with E-state index in [9.17, 15) is 0 Å². The summed E-state index contributed by atoms with van der Waals surface area (Å²) in [5, 5.41) is 6.88. The Morgan fingerprint density at radius 3 is 1.67 bits per heavy atom. The molecule has 0 amide bonds. The standard InChI is InChI=1S/C22H20S.C16H16.C13H12.C4H6.C2H6/c1-4-6-20-17(5-2)19-12-10-15-8-9-16-13-14(3)7-11-18(16)21(15)22(19)23-20;1-3-7-14-10-13(2)11-16(12-14)15-8-5-4-6-9-15;1-11-7-9-13(10-8-11)12-5-3-2-4-6-12;1-3-4-2;1-2/h4,6-13H,5H2,1-3H3;3-6,8-12H,1,7H2,2H3;2-10H,1H3;3-4H,1-2H2;1-2H3/b6-4-;;;;. The second kappa shape index (κ2) is 23.3. The molecule has 0 aliphatic rings. The van der Waals surface area contributed by atoms with Crippen LogP contribution in [0.25, 0.3) is 60.0 Å². The van der Waals surface area contributed by atoms with E-state index in [-0.39, 0.29) is 0 Å². The van der Waals surface area contributed by atoms with Crippen molar-refractivity contribution in [1.29, 1.82) is 0 Å². The quantitative estimate of drug-likeness (QED) is 0.0859. The summed E-state index contributed by atoms with van der Waals surface area (Å²) in [6.07, 6.45) is 11.6. The lowest BCUT2D eigenvalue weighted by Crippen LogP contribution is -1.86. The van der Waals surface area contributed by atoms with Crippen LogP contribution in [-0.2, 0) is 12.8 Å². The molecule has 0 N–H and O–H groups in total. The highest BCUT2D eigenvalue weighted by Crippen LogP contribution is 2.40. The molecule has 1 heteroatoms. The summed E-state index contributed by atoms with van der Waals surface area (Å²) in [7, 11) is 0. The van der Waals surface area contributed by atoms with Crippen LogP contribution in [0.15, 0.2) is 190 Å². The van der Waals surface area contributed by atoms with Gasteiger partial charge in [0.15, 0.2) is 0 Å². The maximum Gasteiger partial charge on any atom is 0.0436 e. The van der Waals surface area contributed by atoms with Crippen molar-refractivity contribution in [3.8, 4) is 22.3 Å². The molecule has 0 fully saturated rings. The maximum atomic E-state index is 3.79. The highest BCUT2D eigenvalue weighted by atomic mass is 32.1. The van der Waals surface area contributed by atoms with E-state index in [1.165, 1.54) is 86.6 Å². The van der Waals surface area contributed by atoms with Crippen LogP contribution in [-0.4, -0.2) is 0 Å². The van der Waals surface area contributed by atoms with Crippen LogP contribution in [0.1, 0.15) is 60.4 Å². The summed E-state index contributed by atoms with van der Waals surface area (Å²) in [6, 6.07) is 52.1. The lowest BCUT2D eigenvalue weighted by Gasteiger charge is -2.07. The highest BCUT2D eigenvalue weighted by molar-refractivity contribution is 7.21. The van der Waals surface area contributed by atoms with Gasteiger partial charge in [-0.05, 0) is 102 Å². The van der Waals surface area contributed by atoms with Crippen molar-refractivity contribution in [3.63, 3.8) is 0 Å². The van der Waals surface area contributed by atoms with Crippen molar-refractivity contribution < 1.29 is 0 Å². The highest BCUT2D eigenvalue weighted by Gasteiger charge is 2.13. The second-order valence-electron chi connectivity index (χ2n) is 13.9. The van der Waals surface area contributed by atoms with Gasteiger partial charge in [0.1, 0.15) is 0 Å². The molecule has 1 heterocycles. The number of allylic oxidation sites excluding steroid dienone is 4.